The molecule has 3 heterocycles. The maximum Gasteiger partial charge on any atom is 0.326 e. The number of fused-ring (bicyclic) bond motifs is 2. The Hall–Kier alpha value is -11.5. The van der Waals surface area contributed by atoms with Crippen molar-refractivity contribution in [1.82, 2.24) is 83.4 Å². The normalized spacial score (nSPS) is 16.6. The quantitative estimate of drug-likeness (QED) is 0.0111. The number of amides is 13. The first-order valence-electron chi connectivity index (χ1n) is 37.9. The molecule has 0 spiro atoms. The highest BCUT2D eigenvalue weighted by Crippen LogP contribution is 2.33. The van der Waals surface area contributed by atoms with E-state index in [1.54, 1.807) is 76.9 Å². The second kappa shape index (κ2) is 45.6. The number of carboxylic acids is 2. The van der Waals surface area contributed by atoms with Crippen molar-refractivity contribution in [2.45, 2.75) is 190 Å². The molecule has 116 heavy (non-hydrogen) atoms. The molecule has 1 fully saturated rings. The number of hydrogen-bond acceptors (Lipinski definition) is 22. The fraction of sp³-hybridized carbons (Fsp3) is 0.520. The van der Waals surface area contributed by atoms with Crippen LogP contribution >= 0.6 is 23.5 Å². The van der Waals surface area contributed by atoms with Gasteiger partial charge in [0.05, 0.1) is 37.7 Å². The number of hydrogen-bond donors (Lipinski definition) is 20. The van der Waals surface area contributed by atoms with E-state index in [9.17, 15) is 72.9 Å². The van der Waals surface area contributed by atoms with Gasteiger partial charge in [-0.15, -0.1) is 5.10 Å². The Balaban J connectivity index is 1.31. The number of carboxylic acid groups (broad SMARTS) is 2. The van der Waals surface area contributed by atoms with Crippen molar-refractivity contribution in [2.75, 3.05) is 43.7 Å². The van der Waals surface area contributed by atoms with Gasteiger partial charge in [0.2, 0.25) is 76.8 Å². The predicted octanol–water partition coefficient (Wildman–Crippen LogP) is -2.29. The molecule has 2 aromatic heterocycles. The Morgan fingerprint density at radius 3 is 1.74 bits per heavy atom. The summed E-state index contributed by atoms with van der Waals surface area (Å²) in [6.45, 7) is 6.57. The van der Waals surface area contributed by atoms with Crippen molar-refractivity contribution >= 4 is 140 Å². The van der Waals surface area contributed by atoms with Crippen LogP contribution in [0.25, 0.3) is 32.9 Å². The van der Waals surface area contributed by atoms with Crippen molar-refractivity contribution in [3.8, 4) is 11.3 Å². The Labute approximate surface area is 677 Å². The van der Waals surface area contributed by atoms with E-state index in [0.717, 1.165) is 15.7 Å². The number of carbonyl (C=O) groups is 15. The minimum atomic E-state index is -1.95. The second-order valence-corrected chi connectivity index (χ2v) is 30.4. The fourth-order valence-electron chi connectivity index (χ4n) is 12.9. The molecule has 1 saturated heterocycles. The monoisotopic (exact) mass is 1650 g/mol. The number of primary amides is 2. The van der Waals surface area contributed by atoms with Gasteiger partial charge >= 0.3 is 11.9 Å². The molecule has 39 nitrogen and oxygen atoms in total. The fourth-order valence-corrected chi connectivity index (χ4v) is 13.8. The summed E-state index contributed by atoms with van der Waals surface area (Å²) in [5.74, 6) is -17.1. The summed E-state index contributed by atoms with van der Waals surface area (Å²) < 4.78 is 1.45. The minimum absolute atomic E-state index is 0.0466. The van der Waals surface area contributed by atoms with Crippen molar-refractivity contribution in [1.29, 1.82) is 5.41 Å². The molecule has 15 atom stereocenters. The lowest BCUT2D eigenvalue weighted by molar-refractivity contribution is -0.144. The molecule has 0 bridgehead atoms. The number of H-pyrrole nitrogens is 1. The van der Waals surface area contributed by atoms with Crippen LogP contribution < -0.4 is 81.4 Å². The zero-order chi connectivity index (χ0) is 85.6. The third kappa shape index (κ3) is 27.4. The standard InChI is InChI=1S/C75H107N21O18S2/c1-8-38(3)61(91-64(103)47(76)21-15-27-81-75(79)80)72(111)89-53(32-58(77)98)68(107)87-54(33-59(78)99)69(108)92-62(39(4)9-2)73(112)95-35-43(96-36-55(93-94-96)46-20-14-17-41-16-10-11-18-44(41)46)31-57(95)71(110)88-52(30-42-34-82-48-22-13-12-19-45(42)48)67(106)90-56(37-97)70(109)85-49(23-24-60(100)101)65(104)83-40(5)63(102)84-50(25-28-115-6)66(105)86-51(74(113)114)26-29-116-7/h10-14,16-20,22,34,36,38-40,43,47,49-54,56-57,61-62,82,97H,8-9,15,21,23-33,35,37,76H2,1-7H3,(H2,77,98)(H2,78,99)(H,83,104)(H,84,102)(H,85,109)(H,86,105)(H,87,107)(H,88,110)(H,89,111)(H,90,106)(H,91,103)(H,92,108)(H,100,101)(H,113,114)(H4,79,80,81)/t38-,39-,40-,43-,47-,49-,50-,51-,52-,53-,54-,56-,57-,61-,62-/m0/s1. The van der Waals surface area contributed by atoms with Gasteiger partial charge in [-0.2, -0.15) is 23.5 Å². The molecule has 13 amide bonds. The lowest BCUT2D eigenvalue weighted by atomic mass is 9.96. The van der Waals surface area contributed by atoms with E-state index in [2.05, 4.69) is 73.8 Å². The van der Waals surface area contributed by atoms with Crippen LogP contribution in [0, 0.1) is 17.2 Å². The third-order valence-corrected chi connectivity index (χ3v) is 21.1. The summed E-state index contributed by atoms with van der Waals surface area (Å²) in [5.41, 5.74) is 24.9. The first-order valence-corrected chi connectivity index (χ1v) is 40.6. The van der Waals surface area contributed by atoms with Crippen LogP contribution in [0.1, 0.15) is 117 Å². The van der Waals surface area contributed by atoms with Crippen LogP contribution in [0.15, 0.2) is 79.1 Å². The number of aromatic amines is 1. The number of nitrogens with zero attached hydrogens (tertiary/aromatic N) is 4. The highest BCUT2D eigenvalue weighted by atomic mass is 32.2. The number of thioether (sulfide) groups is 2. The molecular weight excluding hydrogens is 1550 g/mol. The molecule has 0 unspecified atom stereocenters. The lowest BCUT2D eigenvalue weighted by Crippen LogP contribution is -2.62. The van der Waals surface area contributed by atoms with Gasteiger partial charge < -0.3 is 107 Å². The summed E-state index contributed by atoms with van der Waals surface area (Å²) in [6.07, 6.45) is 3.96. The van der Waals surface area contributed by atoms with Gasteiger partial charge in [-0.1, -0.05) is 106 Å². The number of nitrogens with one attached hydrogen (secondary N) is 13. The van der Waals surface area contributed by atoms with E-state index >= 15 is 14.4 Å². The number of carbonyl (C=O) groups excluding carboxylic acids is 13. The highest BCUT2D eigenvalue weighted by molar-refractivity contribution is 7.98. The highest BCUT2D eigenvalue weighted by Gasteiger charge is 2.46. The van der Waals surface area contributed by atoms with Crippen LogP contribution in [0.4, 0.5) is 0 Å². The molecule has 6 rings (SSSR count). The van der Waals surface area contributed by atoms with Gasteiger partial charge in [-0.3, -0.25) is 72.5 Å². The van der Waals surface area contributed by atoms with Gasteiger partial charge in [0.25, 0.3) is 0 Å². The van der Waals surface area contributed by atoms with E-state index in [4.69, 9.17) is 28.3 Å². The van der Waals surface area contributed by atoms with Gasteiger partial charge in [0.1, 0.15) is 72.2 Å². The third-order valence-electron chi connectivity index (χ3n) is 19.9. The summed E-state index contributed by atoms with van der Waals surface area (Å²) in [4.78, 5) is 212. The average Bonchev–Trinajstić information content (AvgIpc) is 1.62. The molecule has 632 valence electrons. The first kappa shape index (κ1) is 93.4. The lowest BCUT2D eigenvalue weighted by Gasteiger charge is -2.33. The first-order chi connectivity index (χ1) is 55.1. The Bertz CT molecular complexity index is 4330. The predicted molar refractivity (Wildman–Crippen MR) is 430 cm³/mol. The zero-order valence-electron chi connectivity index (χ0n) is 65.6. The number of likely N-dealkylation sites (tertiary alicyclic amines) is 1. The molecule has 1 aliphatic rings. The Morgan fingerprint density at radius 2 is 1.12 bits per heavy atom. The molecule has 41 heteroatoms. The number of aliphatic hydroxyl groups excluding tert-OH is 1. The smallest absolute Gasteiger partial charge is 0.326 e. The molecule has 24 N–H and O–H groups in total. The van der Waals surface area contributed by atoms with E-state index in [0.29, 0.717) is 52.1 Å². The number of benzene rings is 3. The molecule has 1 aliphatic heterocycles. The van der Waals surface area contributed by atoms with Crippen molar-refractivity contribution in [3.63, 3.8) is 0 Å². The molecule has 0 aliphatic carbocycles. The number of rotatable bonds is 48. The van der Waals surface area contributed by atoms with Crippen LogP contribution in [0.3, 0.4) is 0 Å². The topological polar surface area (TPSA) is 627 Å². The van der Waals surface area contributed by atoms with Crippen molar-refractivity contribution < 1.29 is 87.2 Å². The molecule has 0 radical (unpaired) electrons. The number of aliphatic carboxylic acids is 2. The van der Waals surface area contributed by atoms with E-state index in [1.165, 1.54) is 35.1 Å². The number of aromatic nitrogens is 4. The Morgan fingerprint density at radius 1 is 0.595 bits per heavy atom. The van der Waals surface area contributed by atoms with Gasteiger partial charge in [-0.25, -0.2) is 9.48 Å². The number of para-hydroxylation sites is 1. The van der Waals surface area contributed by atoms with Gasteiger partial charge in [0.15, 0.2) is 5.96 Å². The van der Waals surface area contributed by atoms with E-state index in [-0.39, 0.29) is 57.6 Å². The van der Waals surface area contributed by atoms with Crippen molar-refractivity contribution in [3.05, 3.63) is 84.7 Å². The molecule has 5 aromatic rings. The zero-order valence-corrected chi connectivity index (χ0v) is 67.2. The maximum atomic E-state index is 15.8. The van der Waals surface area contributed by atoms with Crippen LogP contribution in [-0.4, -0.2) is 251 Å². The van der Waals surface area contributed by atoms with Crippen LogP contribution in [0.2, 0.25) is 0 Å². The summed E-state index contributed by atoms with van der Waals surface area (Å²) >= 11 is 2.69. The van der Waals surface area contributed by atoms with E-state index in [1.807, 2.05) is 42.5 Å². The second-order valence-electron chi connectivity index (χ2n) is 28.4. The van der Waals surface area contributed by atoms with Crippen LogP contribution in [-0.2, 0) is 78.3 Å². The van der Waals surface area contributed by atoms with Crippen molar-refractivity contribution in [2.24, 2.45) is 34.8 Å². The number of guanidine groups is 1. The SMILES string of the molecule is CC[C@H](C)[C@H](NC(=O)[C@@H](N)CCCNC(=N)N)C(=O)N[C@@H](CC(N)=O)C(=O)N[C@@H](CC(N)=O)C(=O)N[C@H](C(=O)N1C[C@@H](n2cc(-c3cccc4ccccc34)nn2)C[C@H]1C(=O)N[C@@H](Cc1c[nH]c2ccccc12)C(=O)N[C@@H](CO)C(=O)N[C@@H](CCC(=O)O)C(=O)N[C@@H](C)C(=O)N[C@@H](CCSC)C(=O)N[C@@H](CCSC)C(=O)O)[C@@H](C)CC. The molecule has 3 aromatic carbocycles. The summed E-state index contributed by atoms with van der Waals surface area (Å²) in [6, 6.07) is 0.209. The number of nitrogens with two attached hydrogens (primary N) is 4. The average molecular weight is 1650 g/mol. The van der Waals surface area contributed by atoms with Crippen LogP contribution in [0.5, 0.6) is 0 Å². The maximum absolute atomic E-state index is 15.8. The van der Waals surface area contributed by atoms with Gasteiger partial charge in [-0.05, 0) is 97.3 Å². The minimum Gasteiger partial charge on any atom is -0.481 e. The molecule has 0 saturated carbocycles. The largest absolute Gasteiger partial charge is 0.481 e. The molecular formula is C75H107N21O18S2. The number of aliphatic hydroxyl groups is 1. The summed E-state index contributed by atoms with van der Waals surface area (Å²) in [5, 5.41) is 76.5. The summed E-state index contributed by atoms with van der Waals surface area (Å²) in [7, 11) is 0. The van der Waals surface area contributed by atoms with Gasteiger partial charge in [0, 0.05) is 55.0 Å². The Kier molecular flexibility index (Phi) is 36.7. The van der Waals surface area contributed by atoms with E-state index < -0.39 is 211 Å².